The van der Waals surface area contributed by atoms with E-state index in [1.54, 1.807) is 24.4 Å². The Hall–Kier alpha value is -6.90. The van der Waals surface area contributed by atoms with Crippen LogP contribution in [0, 0.1) is 52.9 Å². The van der Waals surface area contributed by atoms with Gasteiger partial charge in [-0.05, 0) is 163 Å². The molecule has 9 rings (SSSR count). The van der Waals surface area contributed by atoms with Crippen molar-refractivity contribution in [1.29, 1.82) is 5.26 Å². The van der Waals surface area contributed by atoms with Gasteiger partial charge in [-0.15, -0.1) is 0 Å². The SMILES string of the molecule is CCN1CCCc2c3c(cc(C)c21)C(C(F)(F)F)=C/C(=C(\C#N)c1ccnc(-c2cc(C)ccn2)c1)O3.Cc1cccc(-c2cccc(C)n2)n1.Cc1cccc(-c2cccc(C)n2)n1.[Ru]. The number of nitriles is 1. The summed E-state index contributed by atoms with van der Waals surface area (Å²) in [6, 6.07) is 34.5. The van der Waals surface area contributed by atoms with Crippen molar-refractivity contribution in [1.82, 2.24) is 29.9 Å². The predicted octanol–water partition coefficient (Wildman–Crippen LogP) is 12.3. The number of benzene rings is 1. The first-order valence-electron chi connectivity index (χ1n) is 21.4. The molecular formula is C53H49F3N8ORu. The molecule has 0 aliphatic carbocycles. The third kappa shape index (κ3) is 11.5. The molecule has 0 radical (unpaired) electrons. The molecule has 2 aliphatic heterocycles. The second-order valence-corrected chi connectivity index (χ2v) is 15.9. The van der Waals surface area contributed by atoms with Crippen LogP contribution in [0.2, 0.25) is 0 Å². The van der Waals surface area contributed by atoms with Gasteiger partial charge in [-0.1, -0.05) is 24.3 Å². The van der Waals surface area contributed by atoms with Crippen LogP contribution in [0.3, 0.4) is 0 Å². The smallest absolute Gasteiger partial charge is 0.417 e. The predicted molar refractivity (Wildman–Crippen MR) is 251 cm³/mol. The van der Waals surface area contributed by atoms with Crippen molar-refractivity contribution < 1.29 is 37.4 Å². The van der Waals surface area contributed by atoms with Crippen LogP contribution in [0.15, 0.2) is 127 Å². The molecule has 8 heterocycles. The topological polar surface area (TPSA) is 114 Å². The summed E-state index contributed by atoms with van der Waals surface area (Å²) in [5.41, 5.74) is 12.0. The summed E-state index contributed by atoms with van der Waals surface area (Å²) < 4.78 is 49.2. The van der Waals surface area contributed by atoms with Crippen LogP contribution in [0.5, 0.6) is 5.75 Å². The zero-order valence-electron chi connectivity index (χ0n) is 37.8. The molecule has 336 valence electrons. The number of allylic oxidation sites excluding steroid dienone is 3. The molecule has 0 unspecified atom stereocenters. The van der Waals surface area contributed by atoms with Crippen LogP contribution >= 0.6 is 0 Å². The van der Waals surface area contributed by atoms with Gasteiger partial charge in [0.05, 0.1) is 39.7 Å². The summed E-state index contributed by atoms with van der Waals surface area (Å²) in [7, 11) is 0. The van der Waals surface area contributed by atoms with E-state index < -0.39 is 11.7 Å². The summed E-state index contributed by atoms with van der Waals surface area (Å²) in [5.74, 6) is 0.0577. The van der Waals surface area contributed by atoms with Gasteiger partial charge in [0.15, 0.2) is 0 Å². The van der Waals surface area contributed by atoms with Crippen molar-refractivity contribution in [2.45, 2.75) is 67.5 Å². The van der Waals surface area contributed by atoms with E-state index >= 15 is 0 Å². The Labute approximate surface area is 397 Å². The standard InChI is InChI=1S/C29H25F3N4O.2C12H12N2.Ru/c1-4-36-11-5-6-20-27(36)18(3)13-21-23(29(30,31)32)15-26(37-28(20)21)22(16-33)19-8-10-35-25(14-19)24-12-17(2)7-9-34-24;2*1-9-5-3-7-11(13-9)12-8-4-6-10(2)14-12;/h7-10,12-15H,4-6,11H2,1-3H3;2*3-8H,1-2H3;/b26-22-;;;. The maximum Gasteiger partial charge on any atom is 0.417 e. The molecule has 0 bridgehead atoms. The van der Waals surface area contributed by atoms with Crippen LogP contribution in [0.25, 0.3) is 45.3 Å². The Balaban J connectivity index is 0.000000202. The van der Waals surface area contributed by atoms with Crippen molar-refractivity contribution >= 4 is 16.8 Å². The number of hydrogen-bond acceptors (Lipinski definition) is 9. The van der Waals surface area contributed by atoms with E-state index in [1.165, 1.54) is 6.20 Å². The average molecular weight is 972 g/mol. The number of hydrogen-bond donors (Lipinski definition) is 0. The zero-order chi connectivity index (χ0) is 46.3. The van der Waals surface area contributed by atoms with Crippen molar-refractivity contribution in [2.75, 3.05) is 18.0 Å². The Morgan fingerprint density at radius 1 is 0.682 bits per heavy atom. The second-order valence-electron chi connectivity index (χ2n) is 15.9. The van der Waals surface area contributed by atoms with E-state index in [0.717, 1.165) is 93.5 Å². The quantitative estimate of drug-likeness (QED) is 0.123. The fourth-order valence-electron chi connectivity index (χ4n) is 7.84. The summed E-state index contributed by atoms with van der Waals surface area (Å²) in [6.07, 6.45) is 0.910. The van der Waals surface area contributed by atoms with E-state index in [2.05, 4.69) is 40.9 Å². The number of nitrogens with zero attached hydrogens (tertiary/aromatic N) is 8. The molecule has 0 spiro atoms. The van der Waals surface area contributed by atoms with Gasteiger partial charge in [-0.2, -0.15) is 18.4 Å². The van der Waals surface area contributed by atoms with Gasteiger partial charge >= 0.3 is 6.18 Å². The third-order valence-corrected chi connectivity index (χ3v) is 10.8. The van der Waals surface area contributed by atoms with Gasteiger partial charge in [0.2, 0.25) is 0 Å². The Morgan fingerprint density at radius 3 is 1.64 bits per heavy atom. The third-order valence-electron chi connectivity index (χ3n) is 10.8. The van der Waals surface area contributed by atoms with E-state index in [0.29, 0.717) is 23.4 Å². The fraction of sp³-hybridized carbons (Fsp3) is 0.226. The van der Waals surface area contributed by atoms with E-state index in [4.69, 9.17) is 4.74 Å². The molecule has 66 heavy (non-hydrogen) atoms. The minimum atomic E-state index is -4.63. The first-order valence-corrected chi connectivity index (χ1v) is 21.4. The van der Waals surface area contributed by atoms with Crippen molar-refractivity contribution in [3.05, 3.63) is 178 Å². The number of fused-ring (bicyclic) bond motifs is 3. The molecule has 0 saturated carbocycles. The summed E-state index contributed by atoms with van der Waals surface area (Å²) in [4.78, 5) is 28.5. The molecule has 7 aromatic rings. The number of anilines is 1. The van der Waals surface area contributed by atoms with E-state index in [1.807, 2.05) is 133 Å². The van der Waals surface area contributed by atoms with Gasteiger partial charge in [0, 0.05) is 84.6 Å². The Morgan fingerprint density at radius 2 is 1.18 bits per heavy atom. The van der Waals surface area contributed by atoms with E-state index in [-0.39, 0.29) is 42.1 Å². The molecule has 6 aromatic heterocycles. The Kier molecular flexibility index (Phi) is 15.7. The number of alkyl halides is 3. The molecule has 9 nitrogen and oxygen atoms in total. The summed E-state index contributed by atoms with van der Waals surface area (Å²) in [6.45, 7) is 15.3. The minimum absolute atomic E-state index is 0. The fourth-order valence-corrected chi connectivity index (χ4v) is 7.84. The summed E-state index contributed by atoms with van der Waals surface area (Å²) >= 11 is 0. The maximum absolute atomic E-state index is 14.3. The molecule has 0 amide bonds. The minimum Gasteiger partial charge on any atom is -0.455 e. The number of pyridine rings is 6. The molecule has 0 N–H and O–H groups in total. The van der Waals surface area contributed by atoms with Crippen molar-refractivity contribution in [3.8, 4) is 46.0 Å². The molecule has 2 aliphatic rings. The van der Waals surface area contributed by atoms with Gasteiger partial charge in [0.1, 0.15) is 23.2 Å². The zero-order valence-corrected chi connectivity index (χ0v) is 39.6. The number of ether oxygens (including phenoxy) is 1. The number of aromatic nitrogens is 6. The molecule has 0 saturated heterocycles. The number of aryl methyl sites for hydroxylation is 6. The molecule has 0 fully saturated rings. The van der Waals surface area contributed by atoms with Crippen LogP contribution in [0.4, 0.5) is 18.9 Å². The monoisotopic (exact) mass is 972 g/mol. The van der Waals surface area contributed by atoms with Gasteiger partial charge in [0.25, 0.3) is 0 Å². The van der Waals surface area contributed by atoms with Crippen molar-refractivity contribution in [2.24, 2.45) is 0 Å². The van der Waals surface area contributed by atoms with Crippen LogP contribution in [0.1, 0.15) is 63.9 Å². The molecule has 1 aromatic carbocycles. The van der Waals surface area contributed by atoms with Crippen LogP contribution < -0.4 is 9.64 Å². The first kappa shape index (κ1) is 48.6. The number of rotatable bonds is 5. The molecule has 13 heteroatoms. The van der Waals surface area contributed by atoms with Gasteiger partial charge in [-0.25, -0.2) is 0 Å². The van der Waals surface area contributed by atoms with Gasteiger partial charge in [-0.3, -0.25) is 29.9 Å². The Bertz CT molecular complexity index is 2800. The van der Waals surface area contributed by atoms with E-state index in [9.17, 15) is 18.4 Å². The van der Waals surface area contributed by atoms with Crippen LogP contribution in [-0.4, -0.2) is 49.2 Å². The summed E-state index contributed by atoms with van der Waals surface area (Å²) in [5, 5.41) is 10.1. The van der Waals surface area contributed by atoms with Gasteiger partial charge < -0.3 is 9.64 Å². The number of halogens is 3. The largest absolute Gasteiger partial charge is 0.455 e. The molecule has 0 atom stereocenters. The first-order chi connectivity index (χ1) is 31.2. The van der Waals surface area contributed by atoms with Crippen molar-refractivity contribution in [3.63, 3.8) is 0 Å². The average Bonchev–Trinajstić information content (AvgIpc) is 3.29. The normalized spacial score (nSPS) is 13.4. The maximum atomic E-state index is 14.3. The molecular weight excluding hydrogens is 923 g/mol. The van der Waals surface area contributed by atoms with Crippen LogP contribution in [-0.2, 0) is 25.9 Å². The second kappa shape index (κ2) is 21.4.